The molecule has 1 aliphatic rings. The fraction of sp³-hybridized carbons (Fsp3) is 0.600. The van der Waals surface area contributed by atoms with E-state index in [1.807, 2.05) is 6.92 Å². The van der Waals surface area contributed by atoms with Gasteiger partial charge < -0.3 is 15.4 Å². The molecule has 1 saturated heterocycles. The van der Waals surface area contributed by atoms with Gasteiger partial charge in [-0.3, -0.25) is 0 Å². The fourth-order valence-electron chi connectivity index (χ4n) is 2.71. The van der Waals surface area contributed by atoms with Gasteiger partial charge in [-0.05, 0) is 26.7 Å². The second kappa shape index (κ2) is 6.13. The minimum atomic E-state index is -0.384. The first-order valence-corrected chi connectivity index (χ1v) is 7.12. The highest BCUT2D eigenvalue weighted by Crippen LogP contribution is 2.34. The Balaban J connectivity index is 2.33. The maximum atomic E-state index is 13.7. The number of nitrogens with zero attached hydrogens (tertiary/aromatic N) is 1. The number of ether oxygens (including phenoxy) is 1. The largest absolute Gasteiger partial charge is 0.491 e. The molecule has 3 nitrogen and oxygen atoms in total. The van der Waals surface area contributed by atoms with E-state index >= 15 is 0 Å². The van der Waals surface area contributed by atoms with E-state index < -0.39 is 0 Å². The van der Waals surface area contributed by atoms with Crippen molar-refractivity contribution in [3.63, 3.8) is 0 Å². The Morgan fingerprint density at radius 3 is 2.89 bits per heavy atom. The molecule has 1 heterocycles. The topological polar surface area (TPSA) is 38.5 Å². The molecule has 19 heavy (non-hydrogen) atoms. The predicted molar refractivity (Wildman–Crippen MR) is 77.3 cm³/mol. The van der Waals surface area contributed by atoms with Crippen molar-refractivity contribution in [1.82, 2.24) is 0 Å². The predicted octanol–water partition coefficient (Wildman–Crippen LogP) is 3.58. The molecule has 1 fully saturated rings. The van der Waals surface area contributed by atoms with E-state index in [9.17, 15) is 4.39 Å². The number of benzene rings is 1. The van der Waals surface area contributed by atoms with Crippen LogP contribution in [-0.4, -0.2) is 19.2 Å². The molecular formula is C15H23FN2O. The molecule has 1 aliphatic heterocycles. The second-order valence-electron chi connectivity index (χ2n) is 5.17. The van der Waals surface area contributed by atoms with Crippen LogP contribution in [0.15, 0.2) is 12.1 Å². The molecule has 2 rings (SSSR count). The van der Waals surface area contributed by atoms with Gasteiger partial charge in [0.05, 0.1) is 18.0 Å². The zero-order valence-corrected chi connectivity index (χ0v) is 11.8. The van der Waals surface area contributed by atoms with Crippen molar-refractivity contribution in [2.75, 3.05) is 23.8 Å². The van der Waals surface area contributed by atoms with Crippen LogP contribution in [0.4, 0.5) is 15.8 Å². The summed E-state index contributed by atoms with van der Waals surface area (Å²) in [6.45, 7) is 5.48. The number of hydrogen-bond donors (Lipinski definition) is 1. The number of halogens is 1. The van der Waals surface area contributed by atoms with Crippen molar-refractivity contribution < 1.29 is 9.13 Å². The summed E-state index contributed by atoms with van der Waals surface area (Å²) in [5.74, 6) is -0.0891. The summed E-state index contributed by atoms with van der Waals surface area (Å²) in [6, 6.07) is 3.55. The van der Waals surface area contributed by atoms with Gasteiger partial charge in [-0.2, -0.15) is 0 Å². The zero-order chi connectivity index (χ0) is 13.8. The van der Waals surface area contributed by atoms with Gasteiger partial charge in [0, 0.05) is 24.7 Å². The molecule has 2 N–H and O–H groups in total. The van der Waals surface area contributed by atoms with Crippen molar-refractivity contribution in [1.29, 1.82) is 0 Å². The van der Waals surface area contributed by atoms with E-state index in [2.05, 4.69) is 11.8 Å². The van der Waals surface area contributed by atoms with Crippen LogP contribution in [0.5, 0.6) is 5.75 Å². The third kappa shape index (κ3) is 3.11. The van der Waals surface area contributed by atoms with Crippen LogP contribution >= 0.6 is 0 Å². The summed E-state index contributed by atoms with van der Waals surface area (Å²) in [5.41, 5.74) is 7.39. The van der Waals surface area contributed by atoms with Gasteiger partial charge in [-0.25, -0.2) is 4.39 Å². The van der Waals surface area contributed by atoms with Gasteiger partial charge in [-0.15, -0.1) is 0 Å². The number of hydrogen-bond acceptors (Lipinski definition) is 3. The van der Waals surface area contributed by atoms with Gasteiger partial charge in [-0.1, -0.05) is 12.8 Å². The lowest BCUT2D eigenvalue weighted by atomic mass is 10.1. The summed E-state index contributed by atoms with van der Waals surface area (Å²) < 4.78 is 19.1. The van der Waals surface area contributed by atoms with Crippen molar-refractivity contribution in [2.24, 2.45) is 0 Å². The molecule has 4 heteroatoms. The van der Waals surface area contributed by atoms with Crippen LogP contribution in [0.3, 0.4) is 0 Å². The Morgan fingerprint density at radius 2 is 2.16 bits per heavy atom. The molecule has 0 spiro atoms. The average Bonchev–Trinajstić information content (AvgIpc) is 2.58. The maximum absolute atomic E-state index is 13.7. The Bertz CT molecular complexity index is 436. The molecule has 0 bridgehead atoms. The number of nitrogen functional groups attached to an aromatic ring is 1. The summed E-state index contributed by atoms with van der Waals surface area (Å²) in [5, 5.41) is 0. The Kier molecular flexibility index (Phi) is 4.51. The quantitative estimate of drug-likeness (QED) is 0.850. The molecule has 1 aromatic rings. The molecule has 1 atom stereocenters. The van der Waals surface area contributed by atoms with E-state index in [1.165, 1.54) is 18.9 Å². The van der Waals surface area contributed by atoms with Crippen LogP contribution in [0.1, 0.15) is 39.5 Å². The van der Waals surface area contributed by atoms with Crippen LogP contribution in [0.25, 0.3) is 0 Å². The first kappa shape index (κ1) is 14.0. The van der Waals surface area contributed by atoms with E-state index in [-0.39, 0.29) is 5.82 Å². The molecule has 0 aliphatic carbocycles. The van der Waals surface area contributed by atoms with E-state index in [1.54, 1.807) is 6.07 Å². The average molecular weight is 266 g/mol. The monoisotopic (exact) mass is 266 g/mol. The number of rotatable bonds is 3. The van der Waals surface area contributed by atoms with Gasteiger partial charge in [0.15, 0.2) is 11.6 Å². The van der Waals surface area contributed by atoms with Gasteiger partial charge in [0.2, 0.25) is 0 Å². The first-order chi connectivity index (χ1) is 9.13. The second-order valence-corrected chi connectivity index (χ2v) is 5.17. The lowest BCUT2D eigenvalue weighted by Crippen LogP contribution is -2.33. The van der Waals surface area contributed by atoms with E-state index in [0.29, 0.717) is 24.1 Å². The first-order valence-electron chi connectivity index (χ1n) is 7.12. The van der Waals surface area contributed by atoms with E-state index in [4.69, 9.17) is 10.5 Å². The number of anilines is 2. The van der Waals surface area contributed by atoms with Gasteiger partial charge in [0.1, 0.15) is 0 Å². The lowest BCUT2D eigenvalue weighted by Gasteiger charge is -2.31. The highest BCUT2D eigenvalue weighted by molar-refractivity contribution is 5.70. The smallest absolute Gasteiger partial charge is 0.167 e. The molecule has 1 aromatic carbocycles. The minimum Gasteiger partial charge on any atom is -0.491 e. The Hall–Kier alpha value is -1.45. The summed E-state index contributed by atoms with van der Waals surface area (Å²) in [4.78, 5) is 2.28. The van der Waals surface area contributed by atoms with Gasteiger partial charge in [0.25, 0.3) is 0 Å². The van der Waals surface area contributed by atoms with Crippen molar-refractivity contribution in [2.45, 2.75) is 45.6 Å². The van der Waals surface area contributed by atoms with Gasteiger partial charge >= 0.3 is 0 Å². The molecule has 0 radical (unpaired) electrons. The summed E-state index contributed by atoms with van der Waals surface area (Å²) in [7, 11) is 0. The molecule has 0 saturated carbocycles. The van der Waals surface area contributed by atoms with E-state index in [0.717, 1.165) is 25.1 Å². The third-order valence-corrected chi connectivity index (χ3v) is 3.74. The van der Waals surface area contributed by atoms with Crippen LogP contribution in [0.2, 0.25) is 0 Å². The molecule has 106 valence electrons. The maximum Gasteiger partial charge on any atom is 0.167 e. The van der Waals surface area contributed by atoms with Crippen LogP contribution < -0.4 is 15.4 Å². The molecule has 0 amide bonds. The normalized spacial score (nSPS) is 20.2. The molecule has 1 unspecified atom stereocenters. The fourth-order valence-corrected chi connectivity index (χ4v) is 2.71. The third-order valence-electron chi connectivity index (χ3n) is 3.74. The SMILES string of the molecule is CCOc1cc(N2CCCCCC2C)c(N)cc1F. The molecular weight excluding hydrogens is 243 g/mol. The van der Waals surface area contributed by atoms with Crippen molar-refractivity contribution in [3.05, 3.63) is 17.9 Å². The number of nitrogens with two attached hydrogens (primary N) is 1. The van der Waals surface area contributed by atoms with Crippen molar-refractivity contribution in [3.8, 4) is 5.75 Å². The Morgan fingerprint density at radius 1 is 1.37 bits per heavy atom. The van der Waals surface area contributed by atoms with Crippen LogP contribution in [0, 0.1) is 5.82 Å². The Labute approximate surface area is 114 Å². The van der Waals surface area contributed by atoms with Crippen molar-refractivity contribution >= 4 is 11.4 Å². The highest BCUT2D eigenvalue weighted by Gasteiger charge is 2.21. The summed E-state index contributed by atoms with van der Waals surface area (Å²) >= 11 is 0. The minimum absolute atomic E-state index is 0.295. The lowest BCUT2D eigenvalue weighted by molar-refractivity contribution is 0.321. The summed E-state index contributed by atoms with van der Waals surface area (Å²) in [6.07, 6.45) is 4.81. The highest BCUT2D eigenvalue weighted by atomic mass is 19.1. The standard InChI is InChI=1S/C15H23FN2O/c1-3-19-15-10-14(13(17)9-12(15)16)18-8-6-4-5-7-11(18)2/h9-11H,3-8,17H2,1-2H3. The zero-order valence-electron chi connectivity index (χ0n) is 11.8. The molecule has 0 aromatic heterocycles. The van der Waals surface area contributed by atoms with Crippen LogP contribution in [-0.2, 0) is 0 Å².